The molecule has 0 aromatic carbocycles. The van der Waals surface area contributed by atoms with Crippen molar-refractivity contribution in [3.63, 3.8) is 0 Å². The summed E-state index contributed by atoms with van der Waals surface area (Å²) >= 11 is 1.75. The summed E-state index contributed by atoms with van der Waals surface area (Å²) in [7, 11) is 2.15. The number of piperazine rings is 1. The van der Waals surface area contributed by atoms with E-state index in [2.05, 4.69) is 46.6 Å². The van der Waals surface area contributed by atoms with Crippen LogP contribution < -0.4 is 5.32 Å². The van der Waals surface area contributed by atoms with Crippen molar-refractivity contribution < 1.29 is 9.21 Å². The molecule has 2 aromatic rings. The molecule has 0 aliphatic carbocycles. The zero-order chi connectivity index (χ0) is 16.2. The maximum atomic E-state index is 12.3. The van der Waals surface area contributed by atoms with Crippen molar-refractivity contribution in [1.29, 1.82) is 0 Å². The molecule has 23 heavy (non-hydrogen) atoms. The van der Waals surface area contributed by atoms with Gasteiger partial charge in [0.1, 0.15) is 0 Å². The van der Waals surface area contributed by atoms with Gasteiger partial charge in [-0.15, -0.1) is 11.3 Å². The summed E-state index contributed by atoms with van der Waals surface area (Å²) in [4.78, 5) is 18.4. The summed E-state index contributed by atoms with van der Waals surface area (Å²) in [5.74, 6) is 0.207. The van der Waals surface area contributed by atoms with Crippen LogP contribution in [-0.2, 0) is 0 Å². The number of furan rings is 1. The van der Waals surface area contributed by atoms with Crippen molar-refractivity contribution in [1.82, 2.24) is 15.1 Å². The van der Waals surface area contributed by atoms with E-state index in [1.54, 1.807) is 23.5 Å². The molecule has 2 aromatic heterocycles. The molecule has 3 rings (SSSR count). The van der Waals surface area contributed by atoms with Gasteiger partial charge in [-0.25, -0.2) is 0 Å². The second kappa shape index (κ2) is 7.29. The Morgan fingerprint density at radius 1 is 1.26 bits per heavy atom. The Kier molecular flexibility index (Phi) is 5.15. The fourth-order valence-corrected chi connectivity index (χ4v) is 4.03. The highest BCUT2D eigenvalue weighted by molar-refractivity contribution is 7.10. The highest BCUT2D eigenvalue weighted by Crippen LogP contribution is 2.29. The minimum absolute atomic E-state index is 0.00894. The number of amides is 1. The van der Waals surface area contributed by atoms with Crippen molar-refractivity contribution in [3.05, 3.63) is 46.5 Å². The number of likely N-dealkylation sites (N-methyl/N-ethyl adjacent to an activating group) is 1. The average molecular weight is 333 g/mol. The van der Waals surface area contributed by atoms with E-state index in [9.17, 15) is 4.79 Å². The molecule has 3 heterocycles. The lowest BCUT2D eigenvalue weighted by Crippen LogP contribution is -2.51. The minimum Gasteiger partial charge on any atom is -0.459 e. The normalized spacial score (nSPS) is 19.4. The summed E-state index contributed by atoms with van der Waals surface area (Å²) in [6.07, 6.45) is 1.52. The van der Waals surface area contributed by atoms with Gasteiger partial charge >= 0.3 is 0 Å². The maximum absolute atomic E-state index is 12.3. The third kappa shape index (κ3) is 3.83. The number of rotatable bonds is 5. The standard InChI is InChI=1S/C17H23N3O2S/c1-13(18-17(21)14-5-3-11-22-14)16(15-6-4-12-23-15)20-9-7-19(2)8-10-20/h3-6,11-13,16H,7-10H2,1-2H3,(H,18,21). The first-order valence-corrected chi connectivity index (χ1v) is 8.83. The van der Waals surface area contributed by atoms with Gasteiger partial charge in [0.2, 0.25) is 0 Å². The molecular weight excluding hydrogens is 310 g/mol. The number of carbonyl (C=O) groups is 1. The zero-order valence-corrected chi connectivity index (χ0v) is 14.4. The highest BCUT2D eigenvalue weighted by Gasteiger charge is 2.30. The van der Waals surface area contributed by atoms with E-state index in [1.165, 1.54) is 11.1 Å². The van der Waals surface area contributed by atoms with Gasteiger partial charge in [0.15, 0.2) is 5.76 Å². The number of hydrogen-bond acceptors (Lipinski definition) is 5. The number of nitrogens with zero attached hydrogens (tertiary/aromatic N) is 2. The molecule has 0 bridgehead atoms. The molecule has 2 unspecified atom stereocenters. The smallest absolute Gasteiger partial charge is 0.287 e. The quantitative estimate of drug-likeness (QED) is 0.913. The van der Waals surface area contributed by atoms with Gasteiger partial charge in [0.05, 0.1) is 12.3 Å². The van der Waals surface area contributed by atoms with E-state index in [0.717, 1.165) is 26.2 Å². The Morgan fingerprint density at radius 2 is 2.04 bits per heavy atom. The molecular formula is C17H23N3O2S. The Hall–Kier alpha value is -1.63. The molecule has 0 spiro atoms. The van der Waals surface area contributed by atoms with E-state index in [0.29, 0.717) is 5.76 Å². The second-order valence-corrected chi connectivity index (χ2v) is 7.02. The van der Waals surface area contributed by atoms with E-state index >= 15 is 0 Å². The number of nitrogens with one attached hydrogen (secondary N) is 1. The topological polar surface area (TPSA) is 48.7 Å². The Balaban J connectivity index is 1.74. The second-order valence-electron chi connectivity index (χ2n) is 6.04. The fourth-order valence-electron chi connectivity index (χ4n) is 3.07. The average Bonchev–Trinajstić information content (AvgIpc) is 3.22. The Morgan fingerprint density at radius 3 is 2.65 bits per heavy atom. The van der Waals surface area contributed by atoms with Gasteiger partial charge in [-0.2, -0.15) is 0 Å². The van der Waals surface area contributed by atoms with Crippen LogP contribution in [0.5, 0.6) is 0 Å². The van der Waals surface area contributed by atoms with Gasteiger partial charge in [-0.1, -0.05) is 6.07 Å². The van der Waals surface area contributed by atoms with E-state index in [4.69, 9.17) is 4.42 Å². The summed E-state index contributed by atoms with van der Waals surface area (Å²) in [5.41, 5.74) is 0. The van der Waals surface area contributed by atoms with E-state index in [1.807, 2.05) is 0 Å². The lowest BCUT2D eigenvalue weighted by molar-refractivity contribution is 0.0780. The van der Waals surface area contributed by atoms with Crippen molar-refractivity contribution in [2.45, 2.75) is 19.0 Å². The molecule has 5 nitrogen and oxygen atoms in total. The Bertz CT molecular complexity index is 604. The zero-order valence-electron chi connectivity index (χ0n) is 13.6. The van der Waals surface area contributed by atoms with Crippen molar-refractivity contribution in [2.24, 2.45) is 0 Å². The van der Waals surface area contributed by atoms with Crippen molar-refractivity contribution in [3.8, 4) is 0 Å². The SMILES string of the molecule is CC(NC(=O)c1ccco1)C(c1cccs1)N1CCN(C)CC1. The van der Waals surface area contributed by atoms with Crippen LogP contribution in [0.3, 0.4) is 0 Å². The van der Waals surface area contributed by atoms with Crippen molar-refractivity contribution >= 4 is 17.2 Å². The van der Waals surface area contributed by atoms with Crippen LogP contribution in [0.15, 0.2) is 40.3 Å². The number of hydrogen-bond donors (Lipinski definition) is 1. The Labute approximate surface area is 140 Å². The lowest BCUT2D eigenvalue weighted by Gasteiger charge is -2.40. The highest BCUT2D eigenvalue weighted by atomic mass is 32.1. The van der Waals surface area contributed by atoms with Crippen LogP contribution in [0, 0.1) is 0 Å². The van der Waals surface area contributed by atoms with Gasteiger partial charge in [-0.3, -0.25) is 9.69 Å². The molecule has 6 heteroatoms. The molecule has 1 amide bonds. The summed E-state index contributed by atoms with van der Waals surface area (Å²) < 4.78 is 5.20. The predicted octanol–water partition coefficient (Wildman–Crippen LogP) is 2.45. The van der Waals surface area contributed by atoms with Gasteiger partial charge in [0.25, 0.3) is 5.91 Å². The van der Waals surface area contributed by atoms with E-state index < -0.39 is 0 Å². The molecule has 1 N–H and O–H groups in total. The van der Waals surface area contributed by atoms with Gasteiger partial charge in [0, 0.05) is 37.1 Å². The van der Waals surface area contributed by atoms with Crippen LogP contribution in [0.1, 0.15) is 28.4 Å². The van der Waals surface area contributed by atoms with Gasteiger partial charge < -0.3 is 14.6 Å². The fraction of sp³-hybridized carbons (Fsp3) is 0.471. The summed E-state index contributed by atoms with van der Waals surface area (Å²) in [6, 6.07) is 7.86. The maximum Gasteiger partial charge on any atom is 0.287 e. The predicted molar refractivity (Wildman–Crippen MR) is 91.8 cm³/mol. The first-order valence-electron chi connectivity index (χ1n) is 7.95. The molecule has 2 atom stereocenters. The van der Waals surface area contributed by atoms with Crippen LogP contribution in [0.2, 0.25) is 0 Å². The number of carbonyl (C=O) groups excluding carboxylic acids is 1. The molecule has 1 saturated heterocycles. The monoisotopic (exact) mass is 333 g/mol. The number of thiophene rings is 1. The van der Waals surface area contributed by atoms with Crippen molar-refractivity contribution in [2.75, 3.05) is 33.2 Å². The molecule has 1 aliphatic heterocycles. The molecule has 124 valence electrons. The summed E-state index contributed by atoms with van der Waals surface area (Å²) in [5, 5.41) is 5.19. The molecule has 1 fully saturated rings. The summed E-state index contributed by atoms with van der Waals surface area (Å²) in [6.45, 7) is 6.21. The first kappa shape index (κ1) is 16.2. The molecule has 1 aliphatic rings. The van der Waals surface area contributed by atoms with E-state index in [-0.39, 0.29) is 18.0 Å². The van der Waals surface area contributed by atoms with Crippen LogP contribution >= 0.6 is 11.3 Å². The first-order chi connectivity index (χ1) is 11.1. The lowest BCUT2D eigenvalue weighted by atomic mass is 10.0. The van der Waals surface area contributed by atoms with Crippen LogP contribution in [0.4, 0.5) is 0 Å². The van der Waals surface area contributed by atoms with Gasteiger partial charge in [-0.05, 0) is 37.6 Å². The molecule has 0 radical (unpaired) electrons. The molecule has 0 saturated carbocycles. The minimum atomic E-state index is -0.154. The third-order valence-electron chi connectivity index (χ3n) is 4.34. The van der Waals surface area contributed by atoms with Crippen LogP contribution in [0.25, 0.3) is 0 Å². The third-order valence-corrected chi connectivity index (χ3v) is 5.29. The van der Waals surface area contributed by atoms with Crippen LogP contribution in [-0.4, -0.2) is 55.0 Å². The largest absolute Gasteiger partial charge is 0.459 e.